The van der Waals surface area contributed by atoms with Gasteiger partial charge in [-0.2, -0.15) is 13.2 Å². The van der Waals surface area contributed by atoms with Crippen LogP contribution in [-0.4, -0.2) is 22.5 Å². The maximum Gasteiger partial charge on any atom is 0.417 e. The smallest absolute Gasteiger partial charge is 0.417 e. The van der Waals surface area contributed by atoms with E-state index in [-0.39, 0.29) is 35.9 Å². The molecule has 0 aliphatic heterocycles. The molecule has 0 unspecified atom stereocenters. The lowest BCUT2D eigenvalue weighted by Gasteiger charge is -2.16. The van der Waals surface area contributed by atoms with Gasteiger partial charge in [0.15, 0.2) is 0 Å². The first kappa shape index (κ1) is 24.4. The Labute approximate surface area is 199 Å². The quantitative estimate of drug-likeness (QED) is 0.282. The van der Waals surface area contributed by atoms with Gasteiger partial charge in [0.05, 0.1) is 17.9 Å². The van der Waals surface area contributed by atoms with Crippen LogP contribution in [0.1, 0.15) is 59.1 Å². The van der Waals surface area contributed by atoms with Crippen molar-refractivity contribution < 1.29 is 31.8 Å². The highest BCUT2D eigenvalue weighted by molar-refractivity contribution is 5.94. The summed E-state index contributed by atoms with van der Waals surface area (Å²) in [6, 6.07) is 11.9. The maximum atomic E-state index is 14.1. The van der Waals surface area contributed by atoms with Gasteiger partial charge in [-0.05, 0) is 61.6 Å². The number of ether oxygens (including phenoxy) is 2. The predicted octanol–water partition coefficient (Wildman–Crippen LogP) is 6.48. The monoisotopic (exact) mass is 486 g/mol. The lowest BCUT2D eigenvalue weighted by molar-refractivity contribution is -0.137. The van der Waals surface area contributed by atoms with Gasteiger partial charge in [0.1, 0.15) is 18.1 Å². The van der Waals surface area contributed by atoms with Crippen molar-refractivity contribution in [3.8, 4) is 5.88 Å². The summed E-state index contributed by atoms with van der Waals surface area (Å²) in [6.45, 7) is 1.68. The Kier molecular flexibility index (Phi) is 7.14. The Morgan fingerprint density at radius 2 is 1.83 bits per heavy atom. The number of carbonyl (C=O) groups excluding carboxylic acids is 1. The first-order chi connectivity index (χ1) is 16.8. The molecule has 3 aromatic rings. The standard InChI is InChI=1S/C26H22F4N2O3/c1-2-34-25(33)23-12-6-11-22(32-23)19-9-5-8-18(19)20-13-17(26(28,29)30)14-31-24(20)35-15-16-7-3-4-10-21(16)27/h3-4,6-7,10-14H,2,5,8-9,15H2,1H3. The molecule has 35 heavy (non-hydrogen) atoms. The molecule has 1 aromatic carbocycles. The molecule has 9 heteroatoms. The van der Waals surface area contributed by atoms with E-state index in [1.807, 2.05) is 0 Å². The van der Waals surface area contributed by atoms with Crippen LogP contribution in [0.2, 0.25) is 0 Å². The molecular weight excluding hydrogens is 464 g/mol. The van der Waals surface area contributed by atoms with E-state index in [1.54, 1.807) is 25.1 Å². The van der Waals surface area contributed by atoms with E-state index in [4.69, 9.17) is 9.47 Å². The van der Waals surface area contributed by atoms with Gasteiger partial charge in [0.2, 0.25) is 5.88 Å². The van der Waals surface area contributed by atoms with Gasteiger partial charge < -0.3 is 9.47 Å². The molecule has 0 fully saturated rings. The number of hydrogen-bond acceptors (Lipinski definition) is 5. The van der Waals surface area contributed by atoms with E-state index < -0.39 is 23.5 Å². The largest absolute Gasteiger partial charge is 0.472 e. The van der Waals surface area contributed by atoms with Crippen molar-refractivity contribution >= 4 is 17.1 Å². The number of nitrogens with zero attached hydrogens (tertiary/aromatic N) is 2. The van der Waals surface area contributed by atoms with E-state index in [9.17, 15) is 22.4 Å². The number of aromatic nitrogens is 2. The minimum absolute atomic E-state index is 0.0304. The minimum atomic E-state index is -4.60. The highest BCUT2D eigenvalue weighted by atomic mass is 19.4. The molecule has 1 aliphatic rings. The van der Waals surface area contributed by atoms with Crippen LogP contribution in [0.5, 0.6) is 5.88 Å². The Hall–Kier alpha value is -3.75. The second-order valence-electron chi connectivity index (χ2n) is 7.89. The lowest BCUT2D eigenvalue weighted by atomic mass is 9.99. The molecule has 0 radical (unpaired) electrons. The van der Waals surface area contributed by atoms with E-state index in [2.05, 4.69) is 9.97 Å². The Bertz CT molecular complexity index is 1270. The van der Waals surface area contributed by atoms with Crippen molar-refractivity contribution in [2.24, 2.45) is 0 Å². The summed E-state index contributed by atoms with van der Waals surface area (Å²) >= 11 is 0. The van der Waals surface area contributed by atoms with Crippen LogP contribution in [0, 0.1) is 5.82 Å². The number of halogens is 4. The van der Waals surface area contributed by atoms with E-state index in [0.717, 1.165) is 6.07 Å². The van der Waals surface area contributed by atoms with Gasteiger partial charge in [-0.15, -0.1) is 0 Å². The highest BCUT2D eigenvalue weighted by Crippen LogP contribution is 2.43. The molecule has 0 N–H and O–H groups in total. The fourth-order valence-electron chi connectivity index (χ4n) is 3.95. The number of rotatable bonds is 7. The number of carbonyl (C=O) groups is 1. The lowest BCUT2D eigenvalue weighted by Crippen LogP contribution is -2.09. The van der Waals surface area contributed by atoms with Gasteiger partial charge in [-0.3, -0.25) is 0 Å². The third-order valence-electron chi connectivity index (χ3n) is 5.59. The van der Waals surface area contributed by atoms with Crippen molar-refractivity contribution in [2.75, 3.05) is 6.61 Å². The Balaban J connectivity index is 1.77. The summed E-state index contributed by atoms with van der Waals surface area (Å²) in [5.41, 5.74) is 1.39. The predicted molar refractivity (Wildman–Crippen MR) is 121 cm³/mol. The summed E-state index contributed by atoms with van der Waals surface area (Å²) in [6.07, 6.45) is -2.20. The maximum absolute atomic E-state index is 14.1. The molecule has 0 bridgehead atoms. The van der Waals surface area contributed by atoms with Crippen LogP contribution < -0.4 is 4.74 Å². The van der Waals surface area contributed by atoms with Gasteiger partial charge in [0, 0.05) is 17.3 Å². The average molecular weight is 486 g/mol. The van der Waals surface area contributed by atoms with Crippen molar-refractivity contribution in [3.05, 3.63) is 88.6 Å². The number of benzene rings is 1. The van der Waals surface area contributed by atoms with Crippen LogP contribution in [0.3, 0.4) is 0 Å². The van der Waals surface area contributed by atoms with Crippen LogP contribution in [0.25, 0.3) is 11.1 Å². The fourth-order valence-corrected chi connectivity index (χ4v) is 3.95. The van der Waals surface area contributed by atoms with Crippen LogP contribution >= 0.6 is 0 Å². The third kappa shape index (κ3) is 5.50. The first-order valence-corrected chi connectivity index (χ1v) is 11.1. The normalized spacial score (nSPS) is 13.7. The number of pyridine rings is 2. The topological polar surface area (TPSA) is 61.3 Å². The van der Waals surface area contributed by atoms with Crippen LogP contribution in [0.15, 0.2) is 54.7 Å². The SMILES string of the molecule is CCOC(=O)c1cccc(C2=C(c3cc(C(F)(F)F)cnc3OCc3ccccc3F)CCC2)n1. The fraction of sp³-hybridized carbons (Fsp3) is 0.269. The van der Waals surface area contributed by atoms with Gasteiger partial charge in [-0.1, -0.05) is 24.3 Å². The molecule has 182 valence electrons. The molecule has 0 atom stereocenters. The molecular formula is C26H22F4N2O3. The highest BCUT2D eigenvalue weighted by Gasteiger charge is 2.33. The summed E-state index contributed by atoms with van der Waals surface area (Å²) in [5.74, 6) is -1.09. The molecule has 2 heterocycles. The van der Waals surface area contributed by atoms with Crippen molar-refractivity contribution in [2.45, 2.75) is 39.0 Å². The summed E-state index contributed by atoms with van der Waals surface area (Å²) < 4.78 is 65.3. The zero-order chi connectivity index (χ0) is 25.0. The number of esters is 1. The summed E-state index contributed by atoms with van der Waals surface area (Å²) in [7, 11) is 0. The molecule has 0 amide bonds. The van der Waals surface area contributed by atoms with Gasteiger partial charge >= 0.3 is 12.1 Å². The van der Waals surface area contributed by atoms with Crippen molar-refractivity contribution in [1.29, 1.82) is 0 Å². The van der Waals surface area contributed by atoms with Crippen molar-refractivity contribution in [1.82, 2.24) is 9.97 Å². The third-order valence-corrected chi connectivity index (χ3v) is 5.59. The molecule has 0 saturated carbocycles. The number of allylic oxidation sites excluding steroid dienone is 2. The Morgan fingerprint density at radius 1 is 1.06 bits per heavy atom. The second-order valence-corrected chi connectivity index (χ2v) is 7.89. The molecule has 1 aliphatic carbocycles. The summed E-state index contributed by atoms with van der Waals surface area (Å²) in [5, 5.41) is 0. The number of alkyl halides is 3. The Morgan fingerprint density at radius 3 is 2.57 bits per heavy atom. The molecule has 4 rings (SSSR count). The number of hydrogen-bond donors (Lipinski definition) is 0. The molecule has 0 saturated heterocycles. The molecule has 5 nitrogen and oxygen atoms in total. The average Bonchev–Trinajstić information content (AvgIpc) is 3.33. The summed E-state index contributed by atoms with van der Waals surface area (Å²) in [4.78, 5) is 20.5. The zero-order valence-electron chi connectivity index (χ0n) is 18.9. The van der Waals surface area contributed by atoms with Crippen molar-refractivity contribution in [3.63, 3.8) is 0 Å². The van der Waals surface area contributed by atoms with E-state index in [0.29, 0.717) is 42.3 Å². The van der Waals surface area contributed by atoms with Gasteiger partial charge in [-0.25, -0.2) is 19.2 Å². The minimum Gasteiger partial charge on any atom is -0.472 e. The van der Waals surface area contributed by atoms with Gasteiger partial charge in [0.25, 0.3) is 0 Å². The van der Waals surface area contributed by atoms with E-state index in [1.165, 1.54) is 24.3 Å². The van der Waals surface area contributed by atoms with Crippen LogP contribution in [-0.2, 0) is 17.5 Å². The first-order valence-electron chi connectivity index (χ1n) is 11.1. The van der Waals surface area contributed by atoms with E-state index >= 15 is 0 Å². The molecule has 2 aromatic heterocycles. The van der Waals surface area contributed by atoms with Crippen LogP contribution in [0.4, 0.5) is 17.6 Å². The zero-order valence-corrected chi connectivity index (χ0v) is 18.9. The molecule has 0 spiro atoms. The second kappa shape index (κ2) is 10.2.